The quantitative estimate of drug-likeness (QED) is 0.840. The Morgan fingerprint density at radius 2 is 1.90 bits per heavy atom. The maximum atomic E-state index is 12.3. The van der Waals surface area contributed by atoms with E-state index in [0.29, 0.717) is 5.69 Å². The summed E-state index contributed by atoms with van der Waals surface area (Å²) < 4.78 is 0. The van der Waals surface area contributed by atoms with Crippen molar-refractivity contribution in [2.24, 2.45) is 0 Å². The molecule has 1 heterocycles. The lowest BCUT2D eigenvalue weighted by Gasteiger charge is -2.36. The van der Waals surface area contributed by atoms with E-state index >= 15 is 0 Å². The molecule has 0 radical (unpaired) electrons. The SMILES string of the molecule is CCN1CCN(c2cc(N)ccc2C(=O)N(C)C)CC1. The van der Waals surface area contributed by atoms with Crippen LogP contribution in [0.25, 0.3) is 0 Å². The van der Waals surface area contributed by atoms with E-state index in [2.05, 4.69) is 16.7 Å². The minimum Gasteiger partial charge on any atom is -0.399 e. The summed E-state index contributed by atoms with van der Waals surface area (Å²) in [5.74, 6) is 0.0259. The number of piperazine rings is 1. The molecule has 1 aliphatic heterocycles. The van der Waals surface area contributed by atoms with Gasteiger partial charge in [-0.05, 0) is 24.7 Å². The van der Waals surface area contributed by atoms with Gasteiger partial charge in [-0.25, -0.2) is 0 Å². The van der Waals surface area contributed by atoms with E-state index in [0.717, 1.165) is 44.0 Å². The van der Waals surface area contributed by atoms with Gasteiger partial charge in [0.15, 0.2) is 0 Å². The van der Waals surface area contributed by atoms with Crippen LogP contribution in [0.4, 0.5) is 11.4 Å². The van der Waals surface area contributed by atoms with Gasteiger partial charge >= 0.3 is 0 Å². The van der Waals surface area contributed by atoms with Crippen LogP contribution in [-0.2, 0) is 0 Å². The Balaban J connectivity index is 2.26. The van der Waals surface area contributed by atoms with E-state index in [9.17, 15) is 4.79 Å². The topological polar surface area (TPSA) is 52.8 Å². The molecule has 1 amide bonds. The van der Waals surface area contributed by atoms with Crippen LogP contribution in [-0.4, -0.2) is 62.5 Å². The lowest BCUT2D eigenvalue weighted by atomic mass is 10.1. The highest BCUT2D eigenvalue weighted by Gasteiger charge is 2.21. The van der Waals surface area contributed by atoms with Crippen molar-refractivity contribution in [1.82, 2.24) is 9.80 Å². The van der Waals surface area contributed by atoms with Gasteiger partial charge < -0.3 is 20.4 Å². The van der Waals surface area contributed by atoms with Gasteiger partial charge in [-0.15, -0.1) is 0 Å². The summed E-state index contributed by atoms with van der Waals surface area (Å²) in [6.07, 6.45) is 0. The van der Waals surface area contributed by atoms with Crippen LogP contribution in [0.15, 0.2) is 18.2 Å². The molecule has 20 heavy (non-hydrogen) atoms. The van der Waals surface area contributed by atoms with Crippen LogP contribution < -0.4 is 10.6 Å². The first kappa shape index (κ1) is 14.7. The predicted molar refractivity (Wildman–Crippen MR) is 83.2 cm³/mol. The number of benzene rings is 1. The maximum Gasteiger partial charge on any atom is 0.255 e. The number of rotatable bonds is 3. The molecule has 0 spiro atoms. The molecule has 0 atom stereocenters. The second-order valence-electron chi connectivity index (χ2n) is 5.40. The summed E-state index contributed by atoms with van der Waals surface area (Å²) in [6, 6.07) is 5.54. The molecule has 1 fully saturated rings. The van der Waals surface area contributed by atoms with Crippen LogP contribution in [0.5, 0.6) is 0 Å². The Labute approximate surface area is 120 Å². The summed E-state index contributed by atoms with van der Waals surface area (Å²) in [7, 11) is 3.55. The zero-order valence-electron chi connectivity index (χ0n) is 12.6. The molecular formula is C15H24N4O. The van der Waals surface area contributed by atoms with Crippen molar-refractivity contribution < 1.29 is 4.79 Å². The van der Waals surface area contributed by atoms with Crippen LogP contribution in [0.2, 0.25) is 0 Å². The van der Waals surface area contributed by atoms with Crippen molar-refractivity contribution >= 4 is 17.3 Å². The van der Waals surface area contributed by atoms with Crippen LogP contribution in [0.1, 0.15) is 17.3 Å². The smallest absolute Gasteiger partial charge is 0.255 e. The summed E-state index contributed by atoms with van der Waals surface area (Å²) in [5, 5.41) is 0. The Kier molecular flexibility index (Phi) is 4.49. The van der Waals surface area contributed by atoms with Crippen molar-refractivity contribution in [3.05, 3.63) is 23.8 Å². The zero-order valence-corrected chi connectivity index (χ0v) is 12.6. The molecule has 0 aliphatic carbocycles. The third-order valence-corrected chi connectivity index (χ3v) is 3.82. The normalized spacial score (nSPS) is 16.2. The summed E-state index contributed by atoms with van der Waals surface area (Å²) in [4.78, 5) is 18.6. The number of hydrogen-bond acceptors (Lipinski definition) is 4. The first-order chi connectivity index (χ1) is 9.52. The molecule has 2 rings (SSSR count). The van der Waals surface area contributed by atoms with Gasteiger partial charge in [-0.2, -0.15) is 0 Å². The summed E-state index contributed by atoms with van der Waals surface area (Å²) in [5.41, 5.74) is 8.29. The van der Waals surface area contributed by atoms with Crippen LogP contribution in [0.3, 0.4) is 0 Å². The molecule has 0 saturated carbocycles. The maximum absolute atomic E-state index is 12.3. The van der Waals surface area contributed by atoms with Gasteiger partial charge in [-0.1, -0.05) is 6.92 Å². The molecule has 0 bridgehead atoms. The summed E-state index contributed by atoms with van der Waals surface area (Å²) >= 11 is 0. The second-order valence-corrected chi connectivity index (χ2v) is 5.40. The predicted octanol–water partition coefficient (Wildman–Crippen LogP) is 1.11. The van der Waals surface area contributed by atoms with Gasteiger partial charge in [0, 0.05) is 46.0 Å². The molecule has 5 heteroatoms. The van der Waals surface area contributed by atoms with Crippen molar-refractivity contribution in [1.29, 1.82) is 0 Å². The largest absolute Gasteiger partial charge is 0.399 e. The molecule has 1 saturated heterocycles. The number of carbonyl (C=O) groups is 1. The zero-order chi connectivity index (χ0) is 14.7. The number of amides is 1. The van der Waals surface area contributed by atoms with E-state index in [1.54, 1.807) is 25.1 Å². The minimum atomic E-state index is 0.0259. The lowest BCUT2D eigenvalue weighted by Crippen LogP contribution is -2.46. The Morgan fingerprint density at radius 3 is 2.45 bits per heavy atom. The highest BCUT2D eigenvalue weighted by atomic mass is 16.2. The van der Waals surface area contributed by atoms with E-state index in [4.69, 9.17) is 5.73 Å². The van der Waals surface area contributed by atoms with Gasteiger partial charge in [0.05, 0.1) is 11.3 Å². The number of anilines is 2. The van der Waals surface area contributed by atoms with E-state index in [-0.39, 0.29) is 5.91 Å². The Bertz CT molecular complexity index is 479. The number of nitrogens with zero attached hydrogens (tertiary/aromatic N) is 3. The molecule has 1 aromatic rings. The van der Waals surface area contributed by atoms with E-state index in [1.807, 2.05) is 12.1 Å². The number of nitrogens with two attached hydrogens (primary N) is 1. The molecule has 0 aromatic heterocycles. The first-order valence-corrected chi connectivity index (χ1v) is 7.11. The van der Waals surface area contributed by atoms with Crippen LogP contribution in [0, 0.1) is 0 Å². The highest BCUT2D eigenvalue weighted by Crippen LogP contribution is 2.25. The van der Waals surface area contributed by atoms with Gasteiger partial charge in [0.1, 0.15) is 0 Å². The molecule has 5 nitrogen and oxygen atoms in total. The first-order valence-electron chi connectivity index (χ1n) is 7.11. The average Bonchev–Trinajstić information content (AvgIpc) is 2.46. The fourth-order valence-corrected chi connectivity index (χ4v) is 2.54. The van der Waals surface area contributed by atoms with Gasteiger partial charge in [-0.3, -0.25) is 4.79 Å². The molecular weight excluding hydrogens is 252 g/mol. The molecule has 110 valence electrons. The number of likely N-dealkylation sites (N-methyl/N-ethyl adjacent to an activating group) is 1. The monoisotopic (exact) mass is 276 g/mol. The Morgan fingerprint density at radius 1 is 1.25 bits per heavy atom. The van der Waals surface area contributed by atoms with E-state index in [1.165, 1.54) is 0 Å². The second kappa shape index (κ2) is 6.13. The number of nitrogen functional groups attached to an aromatic ring is 1. The van der Waals surface area contributed by atoms with Crippen LogP contribution >= 0.6 is 0 Å². The van der Waals surface area contributed by atoms with Crippen molar-refractivity contribution in [3.8, 4) is 0 Å². The molecule has 1 aromatic carbocycles. The standard InChI is InChI=1S/C15H24N4O/c1-4-18-7-9-19(10-8-18)14-11-12(16)5-6-13(14)15(20)17(2)3/h5-6,11H,4,7-10,16H2,1-3H3. The third-order valence-electron chi connectivity index (χ3n) is 3.82. The average molecular weight is 276 g/mol. The highest BCUT2D eigenvalue weighted by molar-refractivity contribution is 6.00. The van der Waals surface area contributed by atoms with Crippen molar-refractivity contribution in [2.75, 3.05) is 57.5 Å². The third kappa shape index (κ3) is 3.04. The van der Waals surface area contributed by atoms with Gasteiger partial charge in [0.2, 0.25) is 0 Å². The van der Waals surface area contributed by atoms with E-state index < -0.39 is 0 Å². The fourth-order valence-electron chi connectivity index (χ4n) is 2.54. The molecule has 0 unspecified atom stereocenters. The Hall–Kier alpha value is -1.75. The molecule has 2 N–H and O–H groups in total. The van der Waals surface area contributed by atoms with Gasteiger partial charge in [0.25, 0.3) is 5.91 Å². The number of hydrogen-bond donors (Lipinski definition) is 1. The molecule has 1 aliphatic rings. The fraction of sp³-hybridized carbons (Fsp3) is 0.533. The lowest BCUT2D eigenvalue weighted by molar-refractivity contribution is 0.0828. The number of carbonyl (C=O) groups excluding carboxylic acids is 1. The van der Waals surface area contributed by atoms with Crippen molar-refractivity contribution in [3.63, 3.8) is 0 Å². The minimum absolute atomic E-state index is 0.0259. The van der Waals surface area contributed by atoms with Crippen molar-refractivity contribution in [2.45, 2.75) is 6.92 Å². The summed E-state index contributed by atoms with van der Waals surface area (Å²) in [6.45, 7) is 7.18.